The second-order valence-electron chi connectivity index (χ2n) is 2.46. The van der Waals surface area contributed by atoms with Gasteiger partial charge in [-0.1, -0.05) is 17.7 Å². The van der Waals surface area contributed by atoms with Gasteiger partial charge in [0.15, 0.2) is 0 Å². The summed E-state index contributed by atoms with van der Waals surface area (Å²) in [6.07, 6.45) is 1.53. The summed E-state index contributed by atoms with van der Waals surface area (Å²) >= 11 is 5.62. The Kier molecular flexibility index (Phi) is 2.84. The molecule has 1 aromatic rings. The van der Waals surface area contributed by atoms with Gasteiger partial charge in [-0.3, -0.25) is 0 Å². The third-order valence-electron chi connectivity index (χ3n) is 1.52. The number of rotatable bonds is 2. The highest BCUT2D eigenvalue weighted by molar-refractivity contribution is 6.30. The minimum Gasteiger partial charge on any atom is -0.321 e. The third kappa shape index (κ3) is 2.06. The van der Waals surface area contributed by atoms with Gasteiger partial charge in [0, 0.05) is 11.1 Å². The van der Waals surface area contributed by atoms with Crippen LogP contribution in [0.25, 0.3) is 0 Å². The van der Waals surface area contributed by atoms with Crippen LogP contribution in [0.15, 0.2) is 30.9 Å². The standard InChI is InChI=1S/C9H9ClFN/c1-2-9(12)6-3-7(10)5-8(11)4-6/h2-5,9H,1,12H2/t9-/m0/s1. The SMILES string of the molecule is C=C[C@H](N)c1cc(F)cc(Cl)c1. The summed E-state index contributed by atoms with van der Waals surface area (Å²) in [6, 6.07) is 3.84. The highest BCUT2D eigenvalue weighted by Gasteiger charge is 2.03. The topological polar surface area (TPSA) is 26.0 Å². The Morgan fingerprint density at radius 3 is 2.67 bits per heavy atom. The van der Waals surface area contributed by atoms with Crippen LogP contribution >= 0.6 is 11.6 Å². The van der Waals surface area contributed by atoms with E-state index < -0.39 is 0 Å². The highest BCUT2D eigenvalue weighted by Crippen LogP contribution is 2.18. The van der Waals surface area contributed by atoms with Crippen molar-refractivity contribution in [2.45, 2.75) is 6.04 Å². The third-order valence-corrected chi connectivity index (χ3v) is 1.74. The van der Waals surface area contributed by atoms with Crippen molar-refractivity contribution in [3.8, 4) is 0 Å². The minimum atomic E-state index is -0.380. The van der Waals surface area contributed by atoms with Crippen molar-refractivity contribution in [1.29, 1.82) is 0 Å². The molecule has 1 rings (SSSR count). The molecule has 0 aliphatic heterocycles. The molecule has 1 nitrogen and oxygen atoms in total. The van der Waals surface area contributed by atoms with Gasteiger partial charge in [-0.2, -0.15) is 0 Å². The molecule has 0 amide bonds. The van der Waals surface area contributed by atoms with Crippen LogP contribution < -0.4 is 5.73 Å². The van der Waals surface area contributed by atoms with Crippen LogP contribution in [0, 0.1) is 5.82 Å². The molecule has 0 spiro atoms. The van der Waals surface area contributed by atoms with Crippen LogP contribution in [0.2, 0.25) is 5.02 Å². The van der Waals surface area contributed by atoms with Crippen LogP contribution in [0.1, 0.15) is 11.6 Å². The first kappa shape index (κ1) is 9.23. The van der Waals surface area contributed by atoms with Crippen molar-refractivity contribution in [3.05, 3.63) is 47.3 Å². The fourth-order valence-corrected chi connectivity index (χ4v) is 1.13. The molecule has 12 heavy (non-hydrogen) atoms. The molecule has 0 aliphatic rings. The van der Waals surface area contributed by atoms with E-state index in [1.807, 2.05) is 0 Å². The van der Waals surface area contributed by atoms with Gasteiger partial charge in [-0.15, -0.1) is 6.58 Å². The lowest BCUT2D eigenvalue weighted by Gasteiger charge is -2.06. The Hall–Kier alpha value is -0.860. The van der Waals surface area contributed by atoms with Crippen molar-refractivity contribution >= 4 is 11.6 Å². The summed E-state index contributed by atoms with van der Waals surface area (Å²) in [5, 5.41) is 0.349. The Labute approximate surface area is 75.6 Å². The Bertz CT molecular complexity index is 278. The maximum atomic E-state index is 12.8. The number of benzene rings is 1. The Balaban J connectivity index is 3.08. The lowest BCUT2D eigenvalue weighted by Crippen LogP contribution is -2.06. The zero-order valence-corrected chi connectivity index (χ0v) is 7.18. The predicted octanol–water partition coefficient (Wildman–Crippen LogP) is 2.66. The zero-order valence-electron chi connectivity index (χ0n) is 6.43. The first-order valence-electron chi connectivity index (χ1n) is 3.47. The second-order valence-corrected chi connectivity index (χ2v) is 2.90. The van der Waals surface area contributed by atoms with E-state index in [1.54, 1.807) is 6.07 Å². The molecular formula is C9H9ClFN. The number of halogens is 2. The van der Waals surface area contributed by atoms with Gasteiger partial charge in [0.2, 0.25) is 0 Å². The molecule has 2 N–H and O–H groups in total. The zero-order chi connectivity index (χ0) is 9.14. The first-order valence-corrected chi connectivity index (χ1v) is 3.85. The molecule has 0 bridgehead atoms. The summed E-state index contributed by atoms with van der Waals surface area (Å²) in [4.78, 5) is 0. The van der Waals surface area contributed by atoms with Crippen LogP contribution in [-0.4, -0.2) is 0 Å². The summed E-state index contributed by atoms with van der Waals surface area (Å²) in [6.45, 7) is 3.51. The van der Waals surface area contributed by atoms with Gasteiger partial charge >= 0.3 is 0 Å². The van der Waals surface area contributed by atoms with E-state index in [-0.39, 0.29) is 11.9 Å². The van der Waals surface area contributed by atoms with Crippen LogP contribution in [0.4, 0.5) is 4.39 Å². The predicted molar refractivity (Wildman–Crippen MR) is 48.5 cm³/mol. The number of hydrogen-bond acceptors (Lipinski definition) is 1. The van der Waals surface area contributed by atoms with Crippen LogP contribution in [-0.2, 0) is 0 Å². The largest absolute Gasteiger partial charge is 0.321 e. The van der Waals surface area contributed by atoms with Crippen LogP contribution in [0.3, 0.4) is 0 Å². The van der Waals surface area contributed by atoms with E-state index in [0.717, 1.165) is 0 Å². The van der Waals surface area contributed by atoms with E-state index in [4.69, 9.17) is 17.3 Å². The first-order chi connectivity index (χ1) is 5.63. The maximum Gasteiger partial charge on any atom is 0.125 e. The molecule has 0 fully saturated rings. The van der Waals surface area contributed by atoms with Crippen molar-refractivity contribution < 1.29 is 4.39 Å². The number of hydrogen-bond donors (Lipinski definition) is 1. The van der Waals surface area contributed by atoms with E-state index >= 15 is 0 Å². The lowest BCUT2D eigenvalue weighted by molar-refractivity contribution is 0.624. The van der Waals surface area contributed by atoms with Crippen molar-refractivity contribution in [1.82, 2.24) is 0 Å². The summed E-state index contributed by atoms with van der Waals surface area (Å²) in [5.41, 5.74) is 6.22. The quantitative estimate of drug-likeness (QED) is 0.705. The molecule has 0 aliphatic carbocycles. The van der Waals surface area contributed by atoms with Crippen LogP contribution in [0.5, 0.6) is 0 Å². The van der Waals surface area contributed by atoms with Gasteiger partial charge in [0.25, 0.3) is 0 Å². The molecule has 1 atom stereocenters. The molecular weight excluding hydrogens is 177 g/mol. The van der Waals surface area contributed by atoms with Crippen molar-refractivity contribution in [3.63, 3.8) is 0 Å². The Morgan fingerprint density at radius 1 is 1.50 bits per heavy atom. The van der Waals surface area contributed by atoms with Crippen molar-refractivity contribution in [2.24, 2.45) is 5.73 Å². The fourth-order valence-electron chi connectivity index (χ4n) is 0.904. The van der Waals surface area contributed by atoms with Crippen molar-refractivity contribution in [2.75, 3.05) is 0 Å². The monoisotopic (exact) mass is 185 g/mol. The minimum absolute atomic E-state index is 0.349. The van der Waals surface area contributed by atoms with Gasteiger partial charge in [-0.25, -0.2) is 4.39 Å². The van der Waals surface area contributed by atoms with E-state index in [9.17, 15) is 4.39 Å². The fraction of sp³-hybridized carbons (Fsp3) is 0.111. The molecule has 0 saturated carbocycles. The average Bonchev–Trinajstić information content (AvgIpc) is 2.01. The molecule has 0 unspecified atom stereocenters. The molecule has 0 saturated heterocycles. The second kappa shape index (κ2) is 3.70. The summed E-state index contributed by atoms with van der Waals surface area (Å²) in [5.74, 6) is -0.380. The van der Waals surface area contributed by atoms with Gasteiger partial charge < -0.3 is 5.73 Å². The smallest absolute Gasteiger partial charge is 0.125 e. The lowest BCUT2D eigenvalue weighted by atomic mass is 10.1. The molecule has 0 radical (unpaired) electrons. The summed E-state index contributed by atoms with van der Waals surface area (Å²) in [7, 11) is 0. The van der Waals surface area contributed by atoms with Gasteiger partial charge in [-0.05, 0) is 23.8 Å². The maximum absolute atomic E-state index is 12.8. The number of nitrogens with two attached hydrogens (primary N) is 1. The van der Waals surface area contributed by atoms with E-state index in [2.05, 4.69) is 6.58 Å². The van der Waals surface area contributed by atoms with Gasteiger partial charge in [0.05, 0.1) is 0 Å². The van der Waals surface area contributed by atoms with E-state index in [0.29, 0.717) is 10.6 Å². The molecule has 0 aromatic heterocycles. The van der Waals surface area contributed by atoms with Gasteiger partial charge in [0.1, 0.15) is 5.82 Å². The summed E-state index contributed by atoms with van der Waals surface area (Å²) < 4.78 is 12.8. The molecule has 64 valence electrons. The Morgan fingerprint density at radius 2 is 2.17 bits per heavy atom. The normalized spacial score (nSPS) is 12.6. The molecule has 1 aromatic carbocycles. The molecule has 3 heteroatoms. The highest BCUT2D eigenvalue weighted by atomic mass is 35.5. The van der Waals surface area contributed by atoms with E-state index in [1.165, 1.54) is 18.2 Å². The molecule has 0 heterocycles. The average molecular weight is 186 g/mol.